The molecule has 2 aromatic carbocycles. The topological polar surface area (TPSA) is 52.6 Å². The zero-order valence-electron chi connectivity index (χ0n) is 17.6. The fourth-order valence-electron chi connectivity index (χ4n) is 4.67. The summed E-state index contributed by atoms with van der Waals surface area (Å²) in [6, 6.07) is 21.1. The van der Waals surface area contributed by atoms with E-state index in [0.29, 0.717) is 25.6 Å². The van der Waals surface area contributed by atoms with Gasteiger partial charge >= 0.3 is 0 Å². The smallest absolute Gasteiger partial charge is 0.236 e. The van der Waals surface area contributed by atoms with E-state index in [1.807, 2.05) is 11.0 Å². The fraction of sp³-hybridized carbons (Fsp3) is 0.320. The summed E-state index contributed by atoms with van der Waals surface area (Å²) >= 11 is 0. The predicted octanol–water partition coefficient (Wildman–Crippen LogP) is 2.77. The predicted molar refractivity (Wildman–Crippen MR) is 121 cm³/mol. The molecule has 1 atom stereocenters. The number of rotatable bonds is 4. The van der Waals surface area contributed by atoms with E-state index in [2.05, 4.69) is 74.4 Å². The van der Waals surface area contributed by atoms with Gasteiger partial charge in [0.1, 0.15) is 0 Å². The summed E-state index contributed by atoms with van der Waals surface area (Å²) < 4.78 is 0. The average molecular weight is 414 g/mol. The van der Waals surface area contributed by atoms with Crippen LogP contribution < -0.4 is 4.90 Å². The van der Waals surface area contributed by atoms with Gasteiger partial charge in [0.25, 0.3) is 0 Å². The second-order valence-electron chi connectivity index (χ2n) is 8.25. The minimum Gasteiger partial charge on any atom is -0.338 e. The molecular weight excluding hydrogens is 386 g/mol. The van der Waals surface area contributed by atoms with Crippen LogP contribution in [0.15, 0.2) is 73.1 Å². The molecule has 0 N–H and O–H groups in total. The van der Waals surface area contributed by atoms with Crippen LogP contribution in [-0.4, -0.2) is 64.9 Å². The van der Waals surface area contributed by atoms with Gasteiger partial charge in [-0.25, -0.2) is 9.97 Å². The van der Waals surface area contributed by atoms with Crippen LogP contribution in [0.1, 0.15) is 22.6 Å². The molecule has 2 aliphatic heterocycles. The number of amides is 1. The molecule has 1 saturated heterocycles. The Morgan fingerprint density at radius 1 is 0.871 bits per heavy atom. The zero-order valence-corrected chi connectivity index (χ0v) is 17.6. The maximum absolute atomic E-state index is 13.1. The van der Waals surface area contributed by atoms with E-state index >= 15 is 0 Å². The summed E-state index contributed by atoms with van der Waals surface area (Å²) in [5.74, 6) is 1.25. The lowest BCUT2D eigenvalue weighted by Crippen LogP contribution is -2.52. The summed E-state index contributed by atoms with van der Waals surface area (Å²) in [7, 11) is 0. The number of carbonyl (C=O) groups excluding carboxylic acids is 1. The lowest BCUT2D eigenvalue weighted by molar-refractivity contribution is -0.133. The lowest BCUT2D eigenvalue weighted by atomic mass is 9.84. The Balaban J connectivity index is 1.25. The molecular formula is C25H27N5O. The molecule has 31 heavy (non-hydrogen) atoms. The Labute approximate surface area is 183 Å². The van der Waals surface area contributed by atoms with Crippen molar-refractivity contribution in [2.24, 2.45) is 0 Å². The van der Waals surface area contributed by atoms with E-state index in [1.165, 1.54) is 16.7 Å². The van der Waals surface area contributed by atoms with Crippen LogP contribution in [0, 0.1) is 0 Å². The van der Waals surface area contributed by atoms with Crippen molar-refractivity contribution >= 4 is 11.9 Å². The van der Waals surface area contributed by atoms with Gasteiger partial charge in [-0.1, -0.05) is 54.6 Å². The van der Waals surface area contributed by atoms with E-state index < -0.39 is 0 Å². The van der Waals surface area contributed by atoms with Crippen molar-refractivity contribution in [1.29, 1.82) is 0 Å². The first-order valence-corrected chi connectivity index (χ1v) is 10.9. The fourth-order valence-corrected chi connectivity index (χ4v) is 4.67. The van der Waals surface area contributed by atoms with Crippen molar-refractivity contribution in [2.75, 3.05) is 44.2 Å². The van der Waals surface area contributed by atoms with Crippen LogP contribution in [0.4, 0.5) is 5.95 Å². The molecule has 5 rings (SSSR count). The van der Waals surface area contributed by atoms with Gasteiger partial charge in [0.15, 0.2) is 0 Å². The molecule has 0 spiro atoms. The molecule has 158 valence electrons. The molecule has 0 radical (unpaired) electrons. The molecule has 1 fully saturated rings. The highest BCUT2D eigenvalue weighted by Gasteiger charge is 2.29. The first kappa shape index (κ1) is 19.7. The molecule has 6 heteroatoms. The summed E-state index contributed by atoms with van der Waals surface area (Å²) in [6.07, 6.45) is 3.52. The van der Waals surface area contributed by atoms with Crippen LogP contribution in [0.5, 0.6) is 0 Å². The van der Waals surface area contributed by atoms with Gasteiger partial charge in [0.05, 0.1) is 6.54 Å². The van der Waals surface area contributed by atoms with Crippen molar-refractivity contribution in [3.8, 4) is 0 Å². The SMILES string of the molecule is O=C(CN1Cc2ccccc2[C@H](c2ccccc2)C1)N1CCN(c2ncccn2)CC1. The lowest BCUT2D eigenvalue weighted by Gasteiger charge is -2.38. The first-order valence-electron chi connectivity index (χ1n) is 10.9. The monoisotopic (exact) mass is 413 g/mol. The van der Waals surface area contributed by atoms with E-state index in [4.69, 9.17) is 0 Å². The van der Waals surface area contributed by atoms with Crippen LogP contribution >= 0.6 is 0 Å². The van der Waals surface area contributed by atoms with Crippen molar-refractivity contribution < 1.29 is 4.79 Å². The van der Waals surface area contributed by atoms with Gasteiger partial charge in [-0.3, -0.25) is 9.69 Å². The van der Waals surface area contributed by atoms with Crippen LogP contribution in [0.2, 0.25) is 0 Å². The maximum atomic E-state index is 13.1. The maximum Gasteiger partial charge on any atom is 0.236 e. The molecule has 1 aromatic heterocycles. The van der Waals surface area contributed by atoms with Crippen LogP contribution in [0.3, 0.4) is 0 Å². The Morgan fingerprint density at radius 2 is 1.58 bits per heavy atom. The number of aromatic nitrogens is 2. The Morgan fingerprint density at radius 3 is 2.35 bits per heavy atom. The summed E-state index contributed by atoms with van der Waals surface area (Å²) in [6.45, 7) is 5.11. The number of piperazine rings is 1. The molecule has 1 amide bonds. The molecule has 6 nitrogen and oxygen atoms in total. The van der Waals surface area contributed by atoms with Gasteiger partial charge in [-0.05, 0) is 22.8 Å². The van der Waals surface area contributed by atoms with Crippen LogP contribution in [-0.2, 0) is 11.3 Å². The highest BCUT2D eigenvalue weighted by molar-refractivity contribution is 5.78. The summed E-state index contributed by atoms with van der Waals surface area (Å²) in [5.41, 5.74) is 4.01. The second-order valence-corrected chi connectivity index (χ2v) is 8.25. The van der Waals surface area contributed by atoms with E-state index in [1.54, 1.807) is 12.4 Å². The molecule has 3 aromatic rings. The van der Waals surface area contributed by atoms with Crippen molar-refractivity contribution in [3.05, 3.63) is 89.7 Å². The normalized spacial score (nSPS) is 19.2. The van der Waals surface area contributed by atoms with Crippen LogP contribution in [0.25, 0.3) is 0 Å². The van der Waals surface area contributed by atoms with Gasteiger partial charge < -0.3 is 9.80 Å². The Hall–Kier alpha value is -3.25. The number of carbonyl (C=O) groups is 1. The number of hydrogen-bond donors (Lipinski definition) is 0. The zero-order chi connectivity index (χ0) is 21.0. The van der Waals surface area contributed by atoms with Crippen molar-refractivity contribution in [2.45, 2.75) is 12.5 Å². The Bertz CT molecular complexity index is 1020. The second kappa shape index (κ2) is 8.86. The molecule has 0 aliphatic carbocycles. The highest BCUT2D eigenvalue weighted by atomic mass is 16.2. The quantitative estimate of drug-likeness (QED) is 0.658. The molecule has 0 saturated carbocycles. The number of nitrogens with zero attached hydrogens (tertiary/aromatic N) is 5. The third kappa shape index (κ3) is 4.30. The van der Waals surface area contributed by atoms with Gasteiger partial charge in [0, 0.05) is 57.6 Å². The number of anilines is 1. The third-order valence-electron chi connectivity index (χ3n) is 6.29. The highest BCUT2D eigenvalue weighted by Crippen LogP contribution is 2.33. The van der Waals surface area contributed by atoms with E-state index in [-0.39, 0.29) is 5.91 Å². The van der Waals surface area contributed by atoms with E-state index in [0.717, 1.165) is 32.1 Å². The molecule has 2 aliphatic rings. The molecule has 0 unspecified atom stereocenters. The summed E-state index contributed by atoms with van der Waals surface area (Å²) in [5, 5.41) is 0. The standard InChI is InChI=1S/C25H27N5O/c31-24(29-13-15-30(16-14-29)25-26-11-6-12-27-25)19-28-17-21-9-4-5-10-22(21)23(18-28)20-7-2-1-3-8-20/h1-12,23H,13-19H2/t23-/m0/s1. The van der Waals surface area contributed by atoms with Crippen molar-refractivity contribution in [3.63, 3.8) is 0 Å². The average Bonchev–Trinajstić information content (AvgIpc) is 2.85. The van der Waals surface area contributed by atoms with Gasteiger partial charge in [-0.15, -0.1) is 0 Å². The third-order valence-corrected chi connectivity index (χ3v) is 6.29. The first-order chi connectivity index (χ1) is 15.3. The summed E-state index contributed by atoms with van der Waals surface area (Å²) in [4.78, 5) is 28.2. The minimum atomic E-state index is 0.208. The Kier molecular flexibility index (Phi) is 5.63. The van der Waals surface area contributed by atoms with E-state index in [9.17, 15) is 4.79 Å². The number of hydrogen-bond acceptors (Lipinski definition) is 5. The van der Waals surface area contributed by atoms with Crippen molar-refractivity contribution in [1.82, 2.24) is 19.8 Å². The minimum absolute atomic E-state index is 0.208. The largest absolute Gasteiger partial charge is 0.338 e. The number of fused-ring (bicyclic) bond motifs is 1. The molecule has 3 heterocycles. The van der Waals surface area contributed by atoms with Gasteiger partial charge in [-0.2, -0.15) is 0 Å². The van der Waals surface area contributed by atoms with Gasteiger partial charge in [0.2, 0.25) is 11.9 Å². The number of benzene rings is 2. The molecule has 0 bridgehead atoms.